The van der Waals surface area contributed by atoms with Gasteiger partial charge in [0, 0.05) is 31.1 Å². The van der Waals surface area contributed by atoms with Crippen molar-refractivity contribution in [1.29, 1.82) is 0 Å². The fraction of sp³-hybridized carbons (Fsp3) is 0.235. The zero-order valence-electron chi connectivity index (χ0n) is 12.1. The predicted octanol–water partition coefficient (Wildman–Crippen LogP) is 3.14. The van der Waals surface area contributed by atoms with Gasteiger partial charge in [-0.05, 0) is 30.2 Å². The molecule has 4 heteroatoms. The predicted molar refractivity (Wildman–Crippen MR) is 84.5 cm³/mol. The summed E-state index contributed by atoms with van der Waals surface area (Å²) in [5, 5.41) is 7.87. The lowest BCUT2D eigenvalue weighted by atomic mass is 10.1. The van der Waals surface area contributed by atoms with Crippen LogP contribution in [0.5, 0.6) is 0 Å². The SMILES string of the molecule is COCCc1ccccc1NCc1cnn2ccccc12. The van der Waals surface area contributed by atoms with Crippen LogP contribution in [0.4, 0.5) is 5.69 Å². The second-order valence-corrected chi connectivity index (χ2v) is 4.95. The van der Waals surface area contributed by atoms with E-state index in [1.165, 1.54) is 11.1 Å². The molecule has 108 valence electrons. The van der Waals surface area contributed by atoms with Gasteiger partial charge in [0.25, 0.3) is 0 Å². The molecule has 0 amide bonds. The molecule has 0 bridgehead atoms. The topological polar surface area (TPSA) is 38.6 Å². The maximum Gasteiger partial charge on any atom is 0.0711 e. The number of para-hydroxylation sites is 1. The number of rotatable bonds is 6. The smallest absolute Gasteiger partial charge is 0.0711 e. The Balaban J connectivity index is 1.75. The van der Waals surface area contributed by atoms with Crippen molar-refractivity contribution in [3.63, 3.8) is 0 Å². The third kappa shape index (κ3) is 3.06. The second-order valence-electron chi connectivity index (χ2n) is 4.95. The Morgan fingerprint density at radius 2 is 1.95 bits per heavy atom. The molecule has 0 aliphatic rings. The van der Waals surface area contributed by atoms with Gasteiger partial charge in [0.15, 0.2) is 0 Å². The van der Waals surface area contributed by atoms with Gasteiger partial charge < -0.3 is 10.1 Å². The molecule has 1 N–H and O–H groups in total. The first kappa shape index (κ1) is 13.6. The van der Waals surface area contributed by atoms with Gasteiger partial charge in [-0.15, -0.1) is 0 Å². The monoisotopic (exact) mass is 281 g/mol. The number of hydrogen-bond donors (Lipinski definition) is 1. The van der Waals surface area contributed by atoms with Crippen LogP contribution in [-0.2, 0) is 17.7 Å². The number of fused-ring (bicyclic) bond motifs is 1. The highest BCUT2D eigenvalue weighted by Crippen LogP contribution is 2.18. The third-order valence-corrected chi connectivity index (χ3v) is 3.57. The van der Waals surface area contributed by atoms with Crippen LogP contribution >= 0.6 is 0 Å². The Morgan fingerprint density at radius 1 is 1.10 bits per heavy atom. The standard InChI is InChI=1S/C17H19N3O/c1-21-11-9-14-6-2-3-7-16(14)18-12-15-13-19-20-10-5-4-8-17(15)20/h2-8,10,13,18H,9,11-12H2,1H3. The molecular weight excluding hydrogens is 262 g/mol. The van der Waals surface area contributed by atoms with Crippen molar-refractivity contribution in [2.75, 3.05) is 19.0 Å². The van der Waals surface area contributed by atoms with Crippen LogP contribution in [0.15, 0.2) is 54.9 Å². The highest BCUT2D eigenvalue weighted by atomic mass is 16.5. The summed E-state index contributed by atoms with van der Waals surface area (Å²) in [7, 11) is 1.73. The first-order valence-electron chi connectivity index (χ1n) is 7.10. The number of hydrogen-bond acceptors (Lipinski definition) is 3. The summed E-state index contributed by atoms with van der Waals surface area (Å²) in [6.45, 7) is 1.49. The van der Waals surface area contributed by atoms with Crippen LogP contribution in [0, 0.1) is 0 Å². The van der Waals surface area contributed by atoms with Crippen LogP contribution < -0.4 is 5.32 Å². The molecule has 1 aromatic carbocycles. The molecule has 3 rings (SSSR count). The van der Waals surface area contributed by atoms with Crippen LogP contribution in [0.2, 0.25) is 0 Å². The van der Waals surface area contributed by atoms with Crippen molar-refractivity contribution in [3.8, 4) is 0 Å². The normalized spacial score (nSPS) is 10.9. The molecule has 21 heavy (non-hydrogen) atoms. The summed E-state index contributed by atoms with van der Waals surface area (Å²) >= 11 is 0. The second kappa shape index (κ2) is 6.41. The molecule has 2 aromatic heterocycles. The fourth-order valence-electron chi connectivity index (χ4n) is 2.44. The molecule has 0 spiro atoms. The molecule has 0 atom stereocenters. The van der Waals surface area contributed by atoms with Gasteiger partial charge in [0.05, 0.1) is 18.3 Å². The van der Waals surface area contributed by atoms with E-state index < -0.39 is 0 Å². The van der Waals surface area contributed by atoms with Gasteiger partial charge in [-0.1, -0.05) is 24.3 Å². The van der Waals surface area contributed by atoms with Crippen LogP contribution in [0.3, 0.4) is 0 Å². The minimum Gasteiger partial charge on any atom is -0.384 e. The van der Waals surface area contributed by atoms with Crippen molar-refractivity contribution in [1.82, 2.24) is 9.61 Å². The van der Waals surface area contributed by atoms with E-state index in [1.54, 1.807) is 7.11 Å². The summed E-state index contributed by atoms with van der Waals surface area (Å²) in [5.41, 5.74) is 4.76. The van der Waals surface area contributed by atoms with Crippen LogP contribution in [0.1, 0.15) is 11.1 Å². The molecule has 0 fully saturated rings. The lowest BCUT2D eigenvalue weighted by Gasteiger charge is -2.11. The van der Waals surface area contributed by atoms with E-state index in [1.807, 2.05) is 29.0 Å². The summed E-state index contributed by atoms with van der Waals surface area (Å²) in [4.78, 5) is 0. The first-order chi connectivity index (χ1) is 10.4. The molecule has 3 aromatic rings. The van der Waals surface area contributed by atoms with Crippen molar-refractivity contribution < 1.29 is 4.74 Å². The molecule has 4 nitrogen and oxygen atoms in total. The first-order valence-corrected chi connectivity index (χ1v) is 7.10. The van der Waals surface area contributed by atoms with Crippen LogP contribution in [-0.4, -0.2) is 23.3 Å². The average Bonchev–Trinajstić information content (AvgIpc) is 2.95. The molecule has 0 radical (unpaired) electrons. The fourth-order valence-corrected chi connectivity index (χ4v) is 2.44. The summed E-state index contributed by atoms with van der Waals surface area (Å²) in [6, 6.07) is 14.5. The van der Waals surface area contributed by atoms with E-state index in [2.05, 4.69) is 40.7 Å². The zero-order chi connectivity index (χ0) is 14.5. The number of aromatic nitrogens is 2. The third-order valence-electron chi connectivity index (χ3n) is 3.57. The lowest BCUT2D eigenvalue weighted by molar-refractivity contribution is 0.202. The number of nitrogens with one attached hydrogen (secondary N) is 1. The Labute approximate surface area is 124 Å². The number of methoxy groups -OCH3 is 1. The van der Waals surface area contributed by atoms with Gasteiger partial charge in [-0.25, -0.2) is 4.52 Å². The highest BCUT2D eigenvalue weighted by molar-refractivity contribution is 5.57. The summed E-state index contributed by atoms with van der Waals surface area (Å²) < 4.78 is 7.06. The van der Waals surface area contributed by atoms with Crippen molar-refractivity contribution in [3.05, 3.63) is 66.0 Å². The number of nitrogens with zero attached hydrogens (tertiary/aromatic N) is 2. The minimum atomic E-state index is 0.732. The molecule has 0 aliphatic heterocycles. The minimum absolute atomic E-state index is 0.732. The number of ether oxygens (including phenoxy) is 1. The molecule has 2 heterocycles. The molecular formula is C17H19N3O. The van der Waals surface area contributed by atoms with Crippen molar-refractivity contribution in [2.24, 2.45) is 0 Å². The van der Waals surface area contributed by atoms with Gasteiger partial charge in [0.1, 0.15) is 0 Å². The van der Waals surface area contributed by atoms with E-state index in [9.17, 15) is 0 Å². The Bertz CT molecular complexity index is 721. The summed E-state index contributed by atoms with van der Waals surface area (Å²) in [6.07, 6.45) is 4.79. The summed E-state index contributed by atoms with van der Waals surface area (Å²) in [5.74, 6) is 0. The van der Waals surface area contributed by atoms with Crippen molar-refractivity contribution in [2.45, 2.75) is 13.0 Å². The Morgan fingerprint density at radius 3 is 2.86 bits per heavy atom. The zero-order valence-corrected chi connectivity index (χ0v) is 12.1. The maximum atomic E-state index is 5.17. The van der Waals surface area contributed by atoms with Crippen LogP contribution in [0.25, 0.3) is 5.52 Å². The molecule has 0 saturated heterocycles. The van der Waals surface area contributed by atoms with E-state index >= 15 is 0 Å². The number of benzene rings is 1. The molecule has 0 unspecified atom stereocenters. The molecule has 0 saturated carbocycles. The average molecular weight is 281 g/mol. The van der Waals surface area contributed by atoms with Gasteiger partial charge >= 0.3 is 0 Å². The Kier molecular flexibility index (Phi) is 4.17. The van der Waals surface area contributed by atoms with Gasteiger partial charge in [-0.3, -0.25) is 0 Å². The lowest BCUT2D eigenvalue weighted by Crippen LogP contribution is -2.04. The van der Waals surface area contributed by atoms with E-state index in [0.29, 0.717) is 0 Å². The van der Waals surface area contributed by atoms with E-state index in [-0.39, 0.29) is 0 Å². The van der Waals surface area contributed by atoms with Crippen molar-refractivity contribution >= 4 is 11.2 Å². The number of pyridine rings is 1. The van der Waals surface area contributed by atoms with Gasteiger partial charge in [0.2, 0.25) is 0 Å². The van der Waals surface area contributed by atoms with E-state index in [0.717, 1.165) is 30.8 Å². The largest absolute Gasteiger partial charge is 0.384 e. The van der Waals surface area contributed by atoms with E-state index in [4.69, 9.17) is 4.74 Å². The maximum absolute atomic E-state index is 5.17. The molecule has 0 aliphatic carbocycles. The number of anilines is 1. The quantitative estimate of drug-likeness (QED) is 0.754. The highest BCUT2D eigenvalue weighted by Gasteiger charge is 2.05. The van der Waals surface area contributed by atoms with Gasteiger partial charge in [-0.2, -0.15) is 5.10 Å². The Hall–Kier alpha value is -2.33.